The van der Waals surface area contributed by atoms with Gasteiger partial charge in [0, 0.05) is 11.5 Å². The van der Waals surface area contributed by atoms with Gasteiger partial charge in [-0.3, -0.25) is 9.59 Å². The van der Waals surface area contributed by atoms with Gasteiger partial charge in [-0.2, -0.15) is 0 Å². The average molecular weight is 1710 g/mol. The van der Waals surface area contributed by atoms with Gasteiger partial charge in [0.1, 0.15) is 139 Å². The molecule has 13 rings (SSSR count). The van der Waals surface area contributed by atoms with Crippen molar-refractivity contribution in [2.75, 3.05) is 53.4 Å². The van der Waals surface area contributed by atoms with Crippen molar-refractivity contribution in [2.24, 2.45) is 50.2 Å². The second-order valence-corrected chi connectivity index (χ2v) is 35.9. The minimum atomic E-state index is -2.37. The molecule has 7 saturated heterocycles. The van der Waals surface area contributed by atoms with Crippen LogP contribution in [0.4, 0.5) is 0 Å². The average Bonchev–Trinajstić information content (AvgIpc) is 0.969. The zero-order valence-corrected chi connectivity index (χ0v) is 67.1. The van der Waals surface area contributed by atoms with Crippen molar-refractivity contribution in [3.63, 3.8) is 0 Å². The van der Waals surface area contributed by atoms with Gasteiger partial charge in [0.2, 0.25) is 6.29 Å². The number of allylic oxidation sites excluding steroid dienone is 1. The summed E-state index contributed by atoms with van der Waals surface area (Å²) in [6.07, 6.45) is -58.5. The van der Waals surface area contributed by atoms with Crippen LogP contribution in [0.2, 0.25) is 0 Å². The van der Waals surface area contributed by atoms with Crippen LogP contribution in [-0.2, 0) is 85.4 Å². The minimum Gasteiger partial charge on any atom is -0.497 e. The SMILES string of the molecule is COc1ccc(/C=C/C(=O)O[C@@H]2[C@H](O[C@@H]3O[C@H](CO)[C@@H](O)[C@H](O[C@@H]4OC[C@@H](O)[C@H](O)[C@H]4O)[C@H]3O)[C@@H](O[C@@H]3O[C@@H](C)[C@H](O[C@@H]4OC[C@@H](O)[C@H](O)[C@H]4O)[C@@H](O[C@@H]4OC[C@](O)(CO)[C@H]4O)[C@H]3O)[C@H](OC(=O)[C@@]34CC[C@]5(CO)C(=CC[C@@H]6[C@@]7(C)C[C@H](O)[C@H](O[C@@H]8O[C@H](CO)[C@@H](O)[C@H](O)[C@H]8O)[C@@](C)(C(=O)O)[C@@H]7CC[C@]65C)[C@@H]3CC(C)(C)C[C@H]4O)O[C@@H]2C)cc1. The van der Waals surface area contributed by atoms with E-state index in [4.69, 9.17) is 75.8 Å². The molecule has 4 saturated carbocycles. The highest BCUT2D eigenvalue weighted by Crippen LogP contribution is 2.76. The first-order valence-corrected chi connectivity index (χ1v) is 40.5. The number of fused-ring (bicyclic) bond motifs is 7. The van der Waals surface area contributed by atoms with E-state index in [1.807, 2.05) is 33.8 Å². The molecule has 7 aliphatic heterocycles. The van der Waals surface area contributed by atoms with Gasteiger partial charge in [-0.15, -0.1) is 0 Å². The predicted octanol–water partition coefficient (Wildman–Crippen LogP) is -6.34. The van der Waals surface area contributed by atoms with E-state index in [0.717, 1.165) is 6.08 Å². The molecule has 12 aliphatic rings. The quantitative estimate of drug-likeness (QED) is 0.0210. The topological polar surface area (TPSA) is 624 Å². The molecule has 119 heavy (non-hydrogen) atoms. The molecule has 5 aliphatic carbocycles. The van der Waals surface area contributed by atoms with E-state index in [2.05, 4.69) is 0 Å². The summed E-state index contributed by atoms with van der Waals surface area (Å²) in [7, 11) is 1.45. The molecule has 0 amide bonds. The number of carbonyl (C=O) groups is 3. The number of carboxylic acid groups (broad SMARTS) is 1. The van der Waals surface area contributed by atoms with Gasteiger partial charge in [-0.1, -0.05) is 51.5 Å². The lowest BCUT2D eigenvalue weighted by Crippen LogP contribution is -2.71. The van der Waals surface area contributed by atoms with Gasteiger partial charge in [-0.25, -0.2) is 4.79 Å². The molecule has 40 nitrogen and oxygen atoms in total. The van der Waals surface area contributed by atoms with Crippen LogP contribution in [0, 0.1) is 50.2 Å². The van der Waals surface area contributed by atoms with Crippen molar-refractivity contribution in [1.29, 1.82) is 0 Å². The summed E-state index contributed by atoms with van der Waals surface area (Å²) in [5, 5.41) is 238. The van der Waals surface area contributed by atoms with Crippen LogP contribution in [-0.4, -0.2) is 387 Å². The minimum absolute atomic E-state index is 0.0476. The van der Waals surface area contributed by atoms with E-state index < -0.39 is 323 Å². The fourth-order valence-electron chi connectivity index (χ4n) is 21.6. The Kier molecular flexibility index (Phi) is 27.5. The second kappa shape index (κ2) is 35.4. The maximum atomic E-state index is 16.8. The number of esters is 2. The maximum Gasteiger partial charge on any atom is 0.331 e. The van der Waals surface area contributed by atoms with Crippen LogP contribution in [0.15, 0.2) is 42.0 Å². The number of ether oxygens (including phenoxy) is 16. The van der Waals surface area contributed by atoms with Crippen LogP contribution in [0.1, 0.15) is 105 Å². The van der Waals surface area contributed by atoms with Gasteiger partial charge >= 0.3 is 17.9 Å². The van der Waals surface area contributed by atoms with Crippen LogP contribution in [0.25, 0.3) is 6.08 Å². The predicted molar refractivity (Wildman–Crippen MR) is 392 cm³/mol. The van der Waals surface area contributed by atoms with Gasteiger partial charge in [0.25, 0.3) is 0 Å². The molecule has 674 valence electrons. The Labute approximate surface area is 684 Å². The summed E-state index contributed by atoms with van der Waals surface area (Å²) in [6.45, 7) is 6.21. The first kappa shape index (κ1) is 92.3. The van der Waals surface area contributed by atoms with Crippen LogP contribution >= 0.6 is 0 Å². The largest absolute Gasteiger partial charge is 0.497 e. The number of methoxy groups -OCH3 is 1. The number of rotatable bonds is 23. The number of carboxylic acids is 1. The van der Waals surface area contributed by atoms with Gasteiger partial charge in [0.15, 0.2) is 49.9 Å². The van der Waals surface area contributed by atoms with Gasteiger partial charge in [-0.05, 0) is 130 Å². The second-order valence-electron chi connectivity index (χ2n) is 35.9. The normalized spacial score (nSPS) is 50.5. The molecule has 1 aromatic rings. The molecule has 40 heteroatoms. The summed E-state index contributed by atoms with van der Waals surface area (Å²) in [6, 6.07) is 6.42. The number of hydrogen-bond donors (Lipinski definition) is 21. The number of hydrogen-bond acceptors (Lipinski definition) is 39. The first-order chi connectivity index (χ1) is 56.1. The Balaban J connectivity index is 0.896. The molecule has 0 unspecified atom stereocenters. The Hall–Kier alpha value is -4.41. The fourth-order valence-corrected chi connectivity index (χ4v) is 21.6. The summed E-state index contributed by atoms with van der Waals surface area (Å²) in [5.41, 5.74) is -9.57. The standard InChI is InChI=1S/C79H118O40/c1-31-56(113-64-51(94)46(89)38(85)26-105-64)59(115-70-62(99)78(103,29-83)30-107-70)55(98)67(108-31)117-61-60(116-68-54(97)58(49(92)41(25-81)111-68)114-65-52(95)47(90)39(86)27-106-65)57(112-45(88)16-11-33-9-12-34(104-8)13-10-33)32(2)109-69(61)119-72(102)79-20-19-77(28-82)35(36(79)21-73(3,4)23-44(79)87)14-15-42-74(5)22-37(84)63(76(7,71(100)101)43(74)17-18-75(42,77)6)118-66-53(96)50(93)48(91)40(24-80)110-66/h9-14,16,31-32,36-44,46-70,80-87,89-99,103H,15,17-30H2,1-8H3,(H,100,101)/b16-11+/t31-,32+,36-,37-,38+,39+,40+,41+,42+,43+,44+,46-,47-,48+,49+,50-,51+,52+,53+,54+,55+,56-,57-,58-,59-,60-,61+,62-,63-,64-,65-,66-,67-,68-,69-,70-,74+,75+,76-,77-,78+,79-/m0/s1. The van der Waals surface area contributed by atoms with Gasteiger partial charge < -0.3 is 183 Å². The molecule has 0 bridgehead atoms. The smallest absolute Gasteiger partial charge is 0.331 e. The molecule has 1 aromatic carbocycles. The molecule has 42 atom stereocenters. The van der Waals surface area contributed by atoms with E-state index in [0.29, 0.717) is 16.9 Å². The number of aliphatic carboxylic acids is 1. The highest BCUT2D eigenvalue weighted by molar-refractivity contribution is 5.87. The van der Waals surface area contributed by atoms with Crippen LogP contribution < -0.4 is 4.74 Å². The van der Waals surface area contributed by atoms with E-state index in [1.165, 1.54) is 34.0 Å². The van der Waals surface area contributed by atoms with E-state index in [1.54, 1.807) is 24.3 Å². The lowest BCUT2D eigenvalue weighted by molar-refractivity contribution is -0.401. The zero-order valence-electron chi connectivity index (χ0n) is 67.1. The summed E-state index contributed by atoms with van der Waals surface area (Å²) in [5.74, 6) is -5.63. The van der Waals surface area contributed by atoms with Gasteiger partial charge in [0.05, 0.1) is 83.2 Å². The molecular weight excluding hydrogens is 1590 g/mol. The molecule has 0 spiro atoms. The maximum absolute atomic E-state index is 16.8. The monoisotopic (exact) mass is 1710 g/mol. The number of carbonyl (C=O) groups excluding carboxylic acids is 2. The van der Waals surface area contributed by atoms with Crippen molar-refractivity contribution in [2.45, 2.75) is 308 Å². The molecule has 11 fully saturated rings. The van der Waals surface area contributed by atoms with Crippen molar-refractivity contribution in [3.05, 3.63) is 47.6 Å². The Morgan fingerprint density at radius 1 is 0.521 bits per heavy atom. The van der Waals surface area contributed by atoms with Crippen LogP contribution in [0.3, 0.4) is 0 Å². The van der Waals surface area contributed by atoms with Crippen molar-refractivity contribution in [1.82, 2.24) is 0 Å². The summed E-state index contributed by atoms with van der Waals surface area (Å²) in [4.78, 5) is 45.5. The number of aliphatic hydroxyl groups is 20. The summed E-state index contributed by atoms with van der Waals surface area (Å²) >= 11 is 0. The molecule has 7 heterocycles. The first-order valence-electron chi connectivity index (χ1n) is 40.5. The third kappa shape index (κ3) is 16.3. The van der Waals surface area contributed by atoms with Crippen molar-refractivity contribution < 1.29 is 197 Å². The molecule has 0 radical (unpaired) electrons. The lowest BCUT2D eigenvalue weighted by atomic mass is 9.33. The third-order valence-corrected chi connectivity index (χ3v) is 28.4. The highest BCUT2D eigenvalue weighted by Gasteiger charge is 2.75. The van der Waals surface area contributed by atoms with Crippen molar-refractivity contribution >= 4 is 24.0 Å². The van der Waals surface area contributed by atoms with E-state index in [-0.39, 0.29) is 51.4 Å². The molecular formula is C79H118O40. The Bertz CT molecular complexity index is 3730. The summed E-state index contributed by atoms with van der Waals surface area (Å²) < 4.78 is 98.4. The number of benzene rings is 1. The lowest BCUT2D eigenvalue weighted by Gasteiger charge is -2.71. The Morgan fingerprint density at radius 2 is 1.08 bits per heavy atom. The number of aliphatic hydroxyl groups excluding tert-OH is 19. The van der Waals surface area contributed by atoms with Crippen molar-refractivity contribution in [3.8, 4) is 5.75 Å². The Morgan fingerprint density at radius 3 is 1.67 bits per heavy atom. The fraction of sp³-hybridized carbons (Fsp3) is 0.835. The van der Waals surface area contributed by atoms with E-state index >= 15 is 4.79 Å². The highest BCUT2D eigenvalue weighted by atomic mass is 16.8. The third-order valence-electron chi connectivity index (χ3n) is 28.4. The molecule has 21 N–H and O–H groups in total. The van der Waals surface area contributed by atoms with Crippen LogP contribution in [0.5, 0.6) is 5.75 Å². The van der Waals surface area contributed by atoms with E-state index in [9.17, 15) is 117 Å². The zero-order chi connectivity index (χ0) is 86.6. The molecule has 0 aromatic heterocycles.